The van der Waals surface area contributed by atoms with Gasteiger partial charge >= 0.3 is 11.9 Å². The van der Waals surface area contributed by atoms with Gasteiger partial charge < -0.3 is 15.5 Å². The molecule has 0 fully saturated rings. The topological polar surface area (TPSA) is 86.6 Å². The van der Waals surface area contributed by atoms with Gasteiger partial charge in [0.1, 0.15) is 6.04 Å². The highest BCUT2D eigenvalue weighted by Gasteiger charge is 2.24. The first-order valence-electron chi connectivity index (χ1n) is 9.38. The van der Waals surface area contributed by atoms with Crippen molar-refractivity contribution in [2.24, 2.45) is 5.92 Å². The molecule has 2 rings (SSSR count). The quantitative estimate of drug-likeness (QED) is 0.494. The van der Waals surface area contributed by atoms with Crippen LogP contribution in [0.1, 0.15) is 42.9 Å². The van der Waals surface area contributed by atoms with Crippen LogP contribution in [0.15, 0.2) is 42.5 Å². The van der Waals surface area contributed by atoms with E-state index in [1.165, 1.54) is 0 Å². The summed E-state index contributed by atoms with van der Waals surface area (Å²) < 4.78 is 0. The number of benzene rings is 2. The highest BCUT2D eigenvalue weighted by Crippen LogP contribution is 2.23. The Labute approximate surface area is 180 Å². The normalized spacial score (nSPS) is 13.3. The summed E-state index contributed by atoms with van der Waals surface area (Å²) in [7, 11) is 0. The van der Waals surface area contributed by atoms with Gasteiger partial charge in [-0.3, -0.25) is 9.59 Å². The lowest BCUT2D eigenvalue weighted by atomic mass is 9.95. The van der Waals surface area contributed by atoms with E-state index in [0.717, 1.165) is 11.1 Å². The smallest absolute Gasteiger partial charge is 0.320 e. The molecule has 0 heterocycles. The van der Waals surface area contributed by atoms with Gasteiger partial charge in [0.05, 0.1) is 5.92 Å². The number of rotatable bonds is 10. The predicted octanol–water partition coefficient (Wildman–Crippen LogP) is 4.84. The Balaban J connectivity index is 2.09. The molecule has 0 amide bonds. The van der Waals surface area contributed by atoms with Crippen LogP contribution in [0.5, 0.6) is 0 Å². The van der Waals surface area contributed by atoms with Gasteiger partial charge in [-0.1, -0.05) is 61.3 Å². The molecule has 0 aliphatic carbocycles. The molecule has 0 saturated heterocycles. The molecule has 7 heteroatoms. The molecule has 0 saturated carbocycles. The zero-order chi connectivity index (χ0) is 21.6. The van der Waals surface area contributed by atoms with Crippen LogP contribution in [0, 0.1) is 5.92 Å². The van der Waals surface area contributed by atoms with Crippen molar-refractivity contribution < 1.29 is 19.8 Å². The van der Waals surface area contributed by atoms with Gasteiger partial charge in [-0.25, -0.2) is 0 Å². The van der Waals surface area contributed by atoms with Gasteiger partial charge in [0.2, 0.25) is 0 Å². The molecule has 2 atom stereocenters. The fourth-order valence-corrected chi connectivity index (χ4v) is 3.74. The minimum absolute atomic E-state index is 0.0439. The van der Waals surface area contributed by atoms with E-state index in [2.05, 4.69) is 5.32 Å². The van der Waals surface area contributed by atoms with Crippen LogP contribution in [0.25, 0.3) is 0 Å². The maximum absolute atomic E-state index is 11.7. The number of carboxylic acids is 2. The van der Waals surface area contributed by atoms with Crippen LogP contribution in [-0.2, 0) is 16.0 Å². The minimum atomic E-state index is -0.999. The van der Waals surface area contributed by atoms with Crippen molar-refractivity contribution in [2.45, 2.75) is 38.6 Å². The lowest BCUT2D eigenvalue weighted by Gasteiger charge is -2.20. The monoisotopic (exact) mass is 437 g/mol. The van der Waals surface area contributed by atoms with Gasteiger partial charge in [-0.2, -0.15) is 0 Å². The summed E-state index contributed by atoms with van der Waals surface area (Å²) in [4.78, 5) is 23.1. The number of carboxylic acid groups (broad SMARTS) is 2. The predicted molar refractivity (Wildman–Crippen MR) is 115 cm³/mol. The molecule has 2 aromatic carbocycles. The fourth-order valence-electron chi connectivity index (χ4n) is 3.17. The van der Waals surface area contributed by atoms with Gasteiger partial charge in [0.15, 0.2) is 0 Å². The van der Waals surface area contributed by atoms with E-state index in [0.29, 0.717) is 28.5 Å². The Morgan fingerprint density at radius 3 is 2.00 bits per heavy atom. The molecule has 2 aromatic rings. The zero-order valence-corrected chi connectivity index (χ0v) is 17.9. The number of halogens is 2. The van der Waals surface area contributed by atoms with Crippen molar-refractivity contribution in [1.82, 2.24) is 5.32 Å². The summed E-state index contributed by atoms with van der Waals surface area (Å²) in [5, 5.41) is 23.0. The third-order valence-corrected chi connectivity index (χ3v) is 5.02. The summed E-state index contributed by atoms with van der Waals surface area (Å²) >= 11 is 12.1. The molecule has 5 nitrogen and oxygen atoms in total. The average molecular weight is 438 g/mol. The molecule has 0 spiro atoms. The molecule has 0 radical (unpaired) electrons. The fraction of sp³-hybridized carbons (Fsp3) is 0.364. The van der Waals surface area contributed by atoms with Gasteiger partial charge in [0.25, 0.3) is 0 Å². The standard InChI is InChI=1S/C22H25Cl2NO4/c1-13(2)7-20(22(28)29)25-12-19(21(26)27)16-5-3-14(4-6-16)8-15-9-17(23)11-18(24)10-15/h3-6,9-11,13,19-20,25H,7-8,12H2,1-2H3,(H,26,27)(H,28,29). The number of carbonyl (C=O) groups is 2. The van der Waals surface area contributed by atoms with Gasteiger partial charge in [-0.15, -0.1) is 0 Å². The average Bonchev–Trinajstić information content (AvgIpc) is 2.60. The highest BCUT2D eigenvalue weighted by molar-refractivity contribution is 6.34. The maximum atomic E-state index is 11.7. The zero-order valence-electron chi connectivity index (χ0n) is 16.4. The summed E-state index contributed by atoms with van der Waals surface area (Å²) in [5.41, 5.74) is 2.57. The van der Waals surface area contributed by atoms with Crippen molar-refractivity contribution in [1.29, 1.82) is 0 Å². The second-order valence-corrected chi connectivity index (χ2v) is 8.39. The van der Waals surface area contributed by atoms with Crippen molar-refractivity contribution in [3.8, 4) is 0 Å². The molecule has 29 heavy (non-hydrogen) atoms. The highest BCUT2D eigenvalue weighted by atomic mass is 35.5. The van der Waals surface area contributed by atoms with E-state index in [1.54, 1.807) is 18.2 Å². The molecule has 0 aromatic heterocycles. The third-order valence-electron chi connectivity index (χ3n) is 4.58. The van der Waals surface area contributed by atoms with Crippen LogP contribution < -0.4 is 5.32 Å². The first-order chi connectivity index (χ1) is 13.7. The molecule has 0 bridgehead atoms. The van der Waals surface area contributed by atoms with Crippen LogP contribution in [0.3, 0.4) is 0 Å². The Hall–Kier alpha value is -2.08. The van der Waals surface area contributed by atoms with E-state index < -0.39 is 23.9 Å². The Kier molecular flexibility index (Phi) is 8.50. The van der Waals surface area contributed by atoms with Crippen molar-refractivity contribution >= 4 is 35.1 Å². The van der Waals surface area contributed by atoms with Crippen LogP contribution in [0.4, 0.5) is 0 Å². The minimum Gasteiger partial charge on any atom is -0.481 e. The number of aliphatic carboxylic acids is 2. The van der Waals surface area contributed by atoms with Crippen molar-refractivity contribution in [3.63, 3.8) is 0 Å². The molecule has 0 aliphatic rings. The van der Waals surface area contributed by atoms with Crippen LogP contribution in [0.2, 0.25) is 10.0 Å². The second-order valence-electron chi connectivity index (χ2n) is 7.52. The second kappa shape index (κ2) is 10.6. The van der Waals surface area contributed by atoms with Crippen molar-refractivity contribution in [3.05, 3.63) is 69.2 Å². The number of hydrogen-bond donors (Lipinski definition) is 3. The van der Waals surface area contributed by atoms with Crippen LogP contribution >= 0.6 is 23.2 Å². The van der Waals surface area contributed by atoms with Gasteiger partial charge in [0, 0.05) is 16.6 Å². The Morgan fingerprint density at radius 2 is 1.52 bits per heavy atom. The first kappa shape index (κ1) is 23.2. The number of nitrogens with one attached hydrogen (secondary N) is 1. The van der Waals surface area contributed by atoms with E-state index in [-0.39, 0.29) is 12.5 Å². The molecule has 2 unspecified atom stereocenters. The largest absolute Gasteiger partial charge is 0.481 e. The third kappa shape index (κ3) is 7.35. The van der Waals surface area contributed by atoms with E-state index >= 15 is 0 Å². The molecule has 3 N–H and O–H groups in total. The van der Waals surface area contributed by atoms with Crippen LogP contribution in [-0.4, -0.2) is 34.7 Å². The number of hydrogen-bond acceptors (Lipinski definition) is 3. The van der Waals surface area contributed by atoms with E-state index in [1.807, 2.05) is 38.1 Å². The summed E-state index contributed by atoms with van der Waals surface area (Å²) in [5.74, 6) is -2.62. The first-order valence-corrected chi connectivity index (χ1v) is 10.1. The Morgan fingerprint density at radius 1 is 0.931 bits per heavy atom. The van der Waals surface area contributed by atoms with E-state index in [4.69, 9.17) is 23.2 Å². The Bertz CT molecular complexity index is 832. The molecular formula is C22H25Cl2NO4. The SMILES string of the molecule is CC(C)CC(NCC(C(=O)O)c1ccc(Cc2cc(Cl)cc(Cl)c2)cc1)C(=O)O. The summed E-state index contributed by atoms with van der Waals surface area (Å²) in [6.45, 7) is 3.90. The lowest BCUT2D eigenvalue weighted by molar-refractivity contribution is -0.142. The van der Waals surface area contributed by atoms with Gasteiger partial charge in [-0.05, 0) is 53.6 Å². The molecule has 156 valence electrons. The summed E-state index contributed by atoms with van der Waals surface area (Å²) in [6.07, 6.45) is 1.05. The maximum Gasteiger partial charge on any atom is 0.320 e. The molecular weight excluding hydrogens is 413 g/mol. The van der Waals surface area contributed by atoms with E-state index in [9.17, 15) is 19.8 Å². The summed E-state index contributed by atoms with van der Waals surface area (Å²) in [6, 6.07) is 11.8. The molecule has 0 aliphatic heterocycles. The lowest BCUT2D eigenvalue weighted by Crippen LogP contribution is -2.41. The van der Waals surface area contributed by atoms with Crippen molar-refractivity contribution in [2.75, 3.05) is 6.54 Å².